The van der Waals surface area contributed by atoms with Gasteiger partial charge in [-0.1, -0.05) is 17.3 Å². The molecule has 17 heavy (non-hydrogen) atoms. The fourth-order valence-electron chi connectivity index (χ4n) is 1.91. The number of carbonyl (C=O) groups excluding carboxylic acids is 1. The number of nitrogens with zero attached hydrogens (tertiary/aromatic N) is 1. The van der Waals surface area contributed by atoms with E-state index in [1.807, 2.05) is 30.5 Å². The van der Waals surface area contributed by atoms with Gasteiger partial charge >= 0.3 is 0 Å². The average Bonchev–Trinajstić information content (AvgIpc) is 3.06. The maximum absolute atomic E-state index is 11.8. The van der Waals surface area contributed by atoms with Crippen LogP contribution in [0.5, 0.6) is 0 Å². The van der Waals surface area contributed by atoms with Gasteiger partial charge in [0.25, 0.3) is 0 Å². The van der Waals surface area contributed by atoms with Gasteiger partial charge in [0.1, 0.15) is 16.3 Å². The summed E-state index contributed by atoms with van der Waals surface area (Å²) in [5.41, 5.74) is 0.859. The quantitative estimate of drug-likeness (QED) is 0.814. The Bertz CT molecular complexity index is 584. The van der Waals surface area contributed by atoms with E-state index >= 15 is 0 Å². The third kappa shape index (κ3) is 2.19. The van der Waals surface area contributed by atoms with Crippen molar-refractivity contribution < 1.29 is 4.79 Å². The molecule has 1 fully saturated rings. The van der Waals surface area contributed by atoms with Crippen LogP contribution in [0.3, 0.4) is 0 Å². The number of aromatic nitrogens is 1. The number of fused-ring (bicyclic) bond motifs is 1. The Morgan fingerprint density at radius 3 is 2.94 bits per heavy atom. The Kier molecular flexibility index (Phi) is 2.62. The van der Waals surface area contributed by atoms with Gasteiger partial charge in [0.05, 0.1) is 0 Å². The number of carbonyl (C=O) groups is 1. The molecule has 1 aromatic carbocycles. The van der Waals surface area contributed by atoms with E-state index in [0.717, 1.165) is 22.9 Å². The van der Waals surface area contributed by atoms with Crippen LogP contribution in [0, 0.1) is 5.92 Å². The fourth-order valence-corrected chi connectivity index (χ4v) is 2.38. The summed E-state index contributed by atoms with van der Waals surface area (Å²) in [6.45, 7) is 0. The third-order valence-corrected chi connectivity index (χ3v) is 3.82. The highest BCUT2D eigenvalue weighted by Crippen LogP contribution is 2.42. The Balaban J connectivity index is 1.83. The first-order valence-electron chi connectivity index (χ1n) is 5.64. The molecule has 1 aromatic heterocycles. The van der Waals surface area contributed by atoms with Crippen LogP contribution in [-0.4, -0.2) is 27.2 Å². The molecule has 0 bridgehead atoms. The predicted molar refractivity (Wildman–Crippen MR) is 68.0 cm³/mol. The summed E-state index contributed by atoms with van der Waals surface area (Å²) in [7, 11) is 0. The number of pyridine rings is 1. The van der Waals surface area contributed by atoms with Crippen molar-refractivity contribution in [2.75, 3.05) is 5.32 Å². The second kappa shape index (κ2) is 4.14. The largest absolute Gasteiger partial charge is 0.326 e. The summed E-state index contributed by atoms with van der Waals surface area (Å²) < 4.78 is 0.458. The molecule has 1 saturated carbocycles. The lowest BCUT2D eigenvalue weighted by Crippen LogP contribution is -2.13. The second-order valence-corrected chi connectivity index (χ2v) is 5.29. The number of hydrogen-bond donors (Lipinski definition) is 1. The SMILES string of the molecule is O=C(Nc1ccc2cnccc2c1)C1C[CH]1[Al]. The molecule has 1 aliphatic carbocycles. The van der Waals surface area contributed by atoms with Gasteiger partial charge in [-0.05, 0) is 23.6 Å². The molecule has 0 aliphatic heterocycles. The average molecular weight is 238 g/mol. The van der Waals surface area contributed by atoms with Crippen LogP contribution in [0.4, 0.5) is 5.69 Å². The minimum absolute atomic E-state index is 0.124. The topological polar surface area (TPSA) is 42.0 Å². The Morgan fingerprint density at radius 2 is 2.18 bits per heavy atom. The molecule has 2 aromatic rings. The highest BCUT2D eigenvalue weighted by Gasteiger charge is 2.37. The summed E-state index contributed by atoms with van der Waals surface area (Å²) in [5, 5.41) is 5.13. The van der Waals surface area contributed by atoms with Crippen molar-refractivity contribution in [1.82, 2.24) is 4.98 Å². The lowest BCUT2D eigenvalue weighted by Gasteiger charge is -2.05. The van der Waals surface area contributed by atoms with Crippen LogP contribution in [0.1, 0.15) is 6.42 Å². The van der Waals surface area contributed by atoms with E-state index in [9.17, 15) is 4.79 Å². The summed E-state index contributed by atoms with van der Waals surface area (Å²) in [6, 6.07) is 7.82. The minimum Gasteiger partial charge on any atom is -0.326 e. The zero-order chi connectivity index (χ0) is 11.8. The number of hydrogen-bond acceptors (Lipinski definition) is 2. The third-order valence-electron chi connectivity index (χ3n) is 3.08. The molecule has 0 spiro atoms. The van der Waals surface area contributed by atoms with Crippen molar-refractivity contribution in [1.29, 1.82) is 0 Å². The zero-order valence-corrected chi connectivity index (χ0v) is 10.4. The Hall–Kier alpha value is -1.37. The number of rotatable bonds is 2. The van der Waals surface area contributed by atoms with Crippen LogP contribution in [0.25, 0.3) is 10.8 Å². The molecule has 3 nitrogen and oxygen atoms in total. The summed E-state index contributed by atoms with van der Waals surface area (Å²) in [6.07, 6.45) is 4.56. The molecule has 1 aliphatic rings. The smallest absolute Gasteiger partial charge is 0.226 e. The molecule has 2 radical (unpaired) electrons. The summed E-state index contributed by atoms with van der Waals surface area (Å²) in [4.78, 5) is 15.8. The first-order chi connectivity index (χ1) is 8.24. The monoisotopic (exact) mass is 238 g/mol. The molecule has 3 rings (SSSR count). The number of amides is 1. The first-order valence-corrected chi connectivity index (χ1v) is 6.31. The molecule has 82 valence electrons. The van der Waals surface area contributed by atoms with Gasteiger partial charge < -0.3 is 5.32 Å². The van der Waals surface area contributed by atoms with Crippen molar-refractivity contribution in [3.05, 3.63) is 36.7 Å². The van der Waals surface area contributed by atoms with E-state index < -0.39 is 0 Å². The highest BCUT2D eigenvalue weighted by atomic mass is 27.0. The van der Waals surface area contributed by atoms with Gasteiger partial charge in [-0.3, -0.25) is 9.78 Å². The Labute approximate surface area is 108 Å². The second-order valence-electron chi connectivity index (χ2n) is 4.43. The predicted octanol–water partition coefficient (Wildman–Crippen LogP) is 2.15. The van der Waals surface area contributed by atoms with E-state index in [1.165, 1.54) is 0 Å². The number of nitrogens with one attached hydrogen (secondary N) is 1. The van der Waals surface area contributed by atoms with E-state index in [4.69, 9.17) is 0 Å². The fraction of sp³-hybridized carbons (Fsp3) is 0.231. The highest BCUT2D eigenvalue weighted by molar-refractivity contribution is 6.17. The molecule has 1 amide bonds. The molecular formula is C13H11AlN2O. The van der Waals surface area contributed by atoms with E-state index in [-0.39, 0.29) is 11.8 Å². The van der Waals surface area contributed by atoms with Gasteiger partial charge in [0.15, 0.2) is 0 Å². The van der Waals surface area contributed by atoms with Crippen LogP contribution in [0.2, 0.25) is 4.78 Å². The molecule has 1 heterocycles. The first kappa shape index (κ1) is 10.8. The normalized spacial score (nSPS) is 22.4. The molecule has 1 N–H and O–H groups in total. The maximum atomic E-state index is 11.8. The summed E-state index contributed by atoms with van der Waals surface area (Å²) in [5.74, 6) is 0.298. The summed E-state index contributed by atoms with van der Waals surface area (Å²) >= 11 is 2.70. The van der Waals surface area contributed by atoms with E-state index in [0.29, 0.717) is 4.78 Å². The molecule has 0 saturated heterocycles. The van der Waals surface area contributed by atoms with Crippen molar-refractivity contribution in [2.45, 2.75) is 11.2 Å². The Morgan fingerprint density at radius 1 is 1.35 bits per heavy atom. The zero-order valence-electron chi connectivity index (χ0n) is 9.26. The van der Waals surface area contributed by atoms with Crippen molar-refractivity contribution in [3.63, 3.8) is 0 Å². The number of benzene rings is 1. The van der Waals surface area contributed by atoms with Crippen molar-refractivity contribution in [3.8, 4) is 0 Å². The van der Waals surface area contributed by atoms with Crippen LogP contribution < -0.4 is 5.32 Å². The molecular weight excluding hydrogens is 227 g/mol. The van der Waals surface area contributed by atoms with Gasteiger partial charge in [0, 0.05) is 29.4 Å². The lowest BCUT2D eigenvalue weighted by atomic mass is 10.1. The van der Waals surface area contributed by atoms with E-state index in [1.54, 1.807) is 6.20 Å². The maximum Gasteiger partial charge on any atom is 0.226 e. The van der Waals surface area contributed by atoms with Gasteiger partial charge in [-0.15, -0.1) is 0 Å². The van der Waals surface area contributed by atoms with Gasteiger partial charge in [0.2, 0.25) is 5.91 Å². The van der Waals surface area contributed by atoms with Crippen LogP contribution in [-0.2, 0) is 4.79 Å². The van der Waals surface area contributed by atoms with Crippen molar-refractivity contribution in [2.24, 2.45) is 5.92 Å². The lowest BCUT2D eigenvalue weighted by molar-refractivity contribution is -0.117. The van der Waals surface area contributed by atoms with Crippen LogP contribution >= 0.6 is 0 Å². The minimum atomic E-state index is 0.124. The molecule has 4 heteroatoms. The number of anilines is 1. The van der Waals surface area contributed by atoms with Gasteiger partial charge in [-0.2, -0.15) is 0 Å². The molecule has 2 atom stereocenters. The van der Waals surface area contributed by atoms with E-state index in [2.05, 4.69) is 26.6 Å². The van der Waals surface area contributed by atoms with Gasteiger partial charge in [-0.25, -0.2) is 0 Å². The molecule has 2 unspecified atom stereocenters. The van der Waals surface area contributed by atoms with Crippen molar-refractivity contribution >= 4 is 38.7 Å². The standard InChI is InChI=1S/C13H11N2O.Al/c16-13(9-1-2-9)15-12-4-3-11-8-14-6-5-10(11)7-12;/h1,3-9H,2H2,(H,15,16);. The van der Waals surface area contributed by atoms with Crippen LogP contribution in [0.15, 0.2) is 36.7 Å².